The van der Waals surface area contributed by atoms with E-state index in [-0.39, 0.29) is 6.42 Å². The number of phosphoric acid groups is 1. The van der Waals surface area contributed by atoms with Gasteiger partial charge in [-0.3, -0.25) is 13.8 Å². The average Bonchev–Trinajstić information content (AvgIpc) is 3.21. The molecule has 59 heavy (non-hydrogen) atoms. The SMILES string of the molecule is CCCCCCCCCCCCCC/C=C/C(O)C(COP(=O)(O)OC1C(O)C(O)C(O)C(O)C1O)NC(=O)CC(O)CCCCCCCCCCCCCCCCC. The largest absolute Gasteiger partial charge is 0.472 e. The molecule has 1 amide bonds. The summed E-state index contributed by atoms with van der Waals surface area (Å²) in [6.45, 7) is 3.74. The molecule has 13 nitrogen and oxygen atoms in total. The van der Waals surface area contributed by atoms with Gasteiger partial charge in [0.05, 0.1) is 31.3 Å². The number of rotatable bonds is 39. The number of hydrogen-bond acceptors (Lipinski definition) is 11. The van der Waals surface area contributed by atoms with Crippen LogP contribution in [0, 0.1) is 0 Å². The summed E-state index contributed by atoms with van der Waals surface area (Å²) in [5.41, 5.74) is 0. The van der Waals surface area contributed by atoms with E-state index in [2.05, 4.69) is 19.2 Å². The van der Waals surface area contributed by atoms with Gasteiger partial charge in [-0.15, -0.1) is 0 Å². The van der Waals surface area contributed by atoms with Crippen LogP contribution >= 0.6 is 7.82 Å². The molecule has 1 rings (SSSR count). The predicted molar refractivity (Wildman–Crippen MR) is 234 cm³/mol. The van der Waals surface area contributed by atoms with Gasteiger partial charge in [0.1, 0.15) is 36.6 Å². The summed E-state index contributed by atoms with van der Waals surface area (Å²) >= 11 is 0. The van der Waals surface area contributed by atoms with Gasteiger partial charge in [0.15, 0.2) is 0 Å². The topological polar surface area (TPSA) is 226 Å². The van der Waals surface area contributed by atoms with Crippen molar-refractivity contribution >= 4 is 13.7 Å². The Morgan fingerprint density at radius 3 is 1.39 bits per heavy atom. The average molecular weight is 866 g/mol. The highest BCUT2D eigenvalue weighted by molar-refractivity contribution is 7.47. The predicted octanol–water partition coefficient (Wildman–Crippen LogP) is 7.81. The third-order valence-corrected chi connectivity index (χ3v) is 12.6. The van der Waals surface area contributed by atoms with Gasteiger partial charge in [-0.2, -0.15) is 0 Å². The number of phosphoric ester groups is 1. The highest BCUT2D eigenvalue weighted by Gasteiger charge is 2.51. The van der Waals surface area contributed by atoms with Crippen molar-refractivity contribution in [2.75, 3.05) is 6.61 Å². The number of carbonyl (C=O) groups excluding carboxylic acids is 1. The molecule has 0 aliphatic heterocycles. The molecule has 0 aromatic heterocycles. The van der Waals surface area contributed by atoms with Crippen LogP contribution in [0.5, 0.6) is 0 Å². The minimum Gasteiger partial charge on any atom is -0.393 e. The van der Waals surface area contributed by atoms with E-state index in [1.165, 1.54) is 134 Å². The Morgan fingerprint density at radius 2 is 0.966 bits per heavy atom. The van der Waals surface area contributed by atoms with Crippen molar-refractivity contribution in [1.29, 1.82) is 0 Å². The number of unbranched alkanes of at least 4 members (excludes halogenated alkanes) is 26. The maximum atomic E-state index is 13.0. The summed E-state index contributed by atoms with van der Waals surface area (Å²) in [4.78, 5) is 23.4. The van der Waals surface area contributed by atoms with Crippen LogP contribution in [-0.4, -0.2) is 108 Å². The zero-order valence-corrected chi connectivity index (χ0v) is 37.8. The van der Waals surface area contributed by atoms with Crippen LogP contribution in [-0.2, 0) is 18.4 Å². The maximum Gasteiger partial charge on any atom is 0.472 e. The molecule has 1 aliphatic carbocycles. The highest BCUT2D eigenvalue weighted by Crippen LogP contribution is 2.47. The molecular formula is C45H88NO12P. The molecule has 350 valence electrons. The van der Waals surface area contributed by atoms with Crippen LogP contribution in [0.1, 0.15) is 206 Å². The first-order chi connectivity index (χ1) is 28.3. The number of aliphatic hydroxyl groups is 7. The number of nitrogens with one attached hydrogen (secondary N) is 1. The van der Waals surface area contributed by atoms with Gasteiger partial charge in [0, 0.05) is 0 Å². The first-order valence-corrected chi connectivity index (χ1v) is 25.2. The standard InChI is InChI=1S/C45H88NO12P/c1-3-5-7-9-11-13-15-17-19-20-22-24-26-28-30-32-36(47)34-39(49)46-37(35-57-59(55,56)58-45-43(53)41(51)40(50)42(52)44(45)54)38(48)33-31-29-27-25-23-21-18-16-14-12-10-8-6-4-2/h31,33,36-38,40-45,47-48,50-54H,3-30,32,34-35H2,1-2H3,(H,46,49)(H,55,56)/b33-31+. The van der Waals surface area contributed by atoms with E-state index in [0.29, 0.717) is 12.8 Å². The van der Waals surface area contributed by atoms with Crippen LogP contribution in [0.3, 0.4) is 0 Å². The second kappa shape index (κ2) is 35.5. The van der Waals surface area contributed by atoms with E-state index in [1.807, 2.05) is 0 Å². The molecule has 8 unspecified atom stereocenters. The summed E-state index contributed by atoms with van der Waals surface area (Å²) in [6.07, 6.45) is 23.0. The van der Waals surface area contributed by atoms with Crippen LogP contribution in [0.2, 0.25) is 0 Å². The van der Waals surface area contributed by atoms with Crippen molar-refractivity contribution in [1.82, 2.24) is 5.32 Å². The Balaban J connectivity index is 2.54. The fourth-order valence-corrected chi connectivity index (χ4v) is 8.68. The van der Waals surface area contributed by atoms with Crippen molar-refractivity contribution in [3.8, 4) is 0 Å². The zero-order chi connectivity index (χ0) is 43.7. The van der Waals surface area contributed by atoms with Crippen molar-refractivity contribution in [2.24, 2.45) is 0 Å². The van der Waals surface area contributed by atoms with Gasteiger partial charge in [0.25, 0.3) is 0 Å². The lowest BCUT2D eigenvalue weighted by molar-refractivity contribution is -0.220. The monoisotopic (exact) mass is 866 g/mol. The normalized spacial score (nSPS) is 23.6. The molecule has 0 spiro atoms. The summed E-state index contributed by atoms with van der Waals surface area (Å²) in [5.74, 6) is -0.590. The van der Waals surface area contributed by atoms with E-state index in [4.69, 9.17) is 9.05 Å². The van der Waals surface area contributed by atoms with Gasteiger partial charge in [-0.25, -0.2) is 4.57 Å². The van der Waals surface area contributed by atoms with Crippen molar-refractivity contribution < 1.29 is 59.0 Å². The fourth-order valence-electron chi connectivity index (χ4n) is 7.71. The number of hydrogen-bond donors (Lipinski definition) is 9. The third-order valence-electron chi connectivity index (χ3n) is 11.6. The van der Waals surface area contributed by atoms with Crippen LogP contribution in [0.25, 0.3) is 0 Å². The maximum absolute atomic E-state index is 13.0. The molecule has 0 radical (unpaired) electrons. The fraction of sp³-hybridized carbons (Fsp3) is 0.933. The lowest BCUT2D eigenvalue weighted by Gasteiger charge is -2.41. The molecule has 0 bridgehead atoms. The lowest BCUT2D eigenvalue weighted by Crippen LogP contribution is -2.64. The molecular weight excluding hydrogens is 777 g/mol. The van der Waals surface area contributed by atoms with E-state index in [1.54, 1.807) is 6.08 Å². The summed E-state index contributed by atoms with van der Waals surface area (Å²) in [6, 6.07) is -1.23. The molecule has 9 N–H and O–H groups in total. The molecule has 0 heterocycles. The van der Waals surface area contributed by atoms with Crippen LogP contribution in [0.15, 0.2) is 12.2 Å². The van der Waals surface area contributed by atoms with Crippen molar-refractivity contribution in [2.45, 2.75) is 261 Å². The van der Waals surface area contributed by atoms with Gasteiger partial charge >= 0.3 is 7.82 Å². The number of carbonyl (C=O) groups is 1. The Bertz CT molecular complexity index is 1070. The Hall–Kier alpha value is -0.960. The summed E-state index contributed by atoms with van der Waals surface area (Å²) in [7, 11) is -5.13. The van der Waals surface area contributed by atoms with E-state index >= 15 is 0 Å². The second-order valence-electron chi connectivity index (χ2n) is 17.2. The Kier molecular flexibility index (Phi) is 33.7. The van der Waals surface area contributed by atoms with Crippen LogP contribution < -0.4 is 5.32 Å². The first-order valence-electron chi connectivity index (χ1n) is 23.7. The van der Waals surface area contributed by atoms with E-state index in [0.717, 1.165) is 44.9 Å². The number of allylic oxidation sites excluding steroid dienone is 1. The third kappa shape index (κ3) is 27.7. The molecule has 0 saturated heterocycles. The van der Waals surface area contributed by atoms with E-state index < -0.39 is 75.2 Å². The van der Waals surface area contributed by atoms with Crippen molar-refractivity contribution in [3.63, 3.8) is 0 Å². The quantitative estimate of drug-likeness (QED) is 0.0164. The first kappa shape index (κ1) is 56.1. The molecule has 0 aromatic carbocycles. The van der Waals surface area contributed by atoms with Gasteiger partial charge in [-0.05, 0) is 19.3 Å². The number of aliphatic hydroxyl groups excluding tert-OH is 7. The smallest absolute Gasteiger partial charge is 0.393 e. The molecule has 1 saturated carbocycles. The van der Waals surface area contributed by atoms with Gasteiger partial charge < -0.3 is 46.0 Å². The Labute approximate surface area is 357 Å². The summed E-state index contributed by atoms with van der Waals surface area (Å²) < 4.78 is 22.9. The Morgan fingerprint density at radius 1 is 0.593 bits per heavy atom. The molecule has 0 aromatic rings. The zero-order valence-electron chi connectivity index (χ0n) is 36.9. The van der Waals surface area contributed by atoms with Crippen molar-refractivity contribution in [3.05, 3.63) is 12.2 Å². The van der Waals surface area contributed by atoms with Crippen LogP contribution in [0.4, 0.5) is 0 Å². The second-order valence-corrected chi connectivity index (χ2v) is 18.6. The molecule has 14 heteroatoms. The highest BCUT2D eigenvalue weighted by atomic mass is 31.2. The lowest BCUT2D eigenvalue weighted by atomic mass is 9.85. The number of amides is 1. The van der Waals surface area contributed by atoms with Gasteiger partial charge in [0.2, 0.25) is 5.91 Å². The molecule has 8 atom stereocenters. The minimum atomic E-state index is -5.13. The summed E-state index contributed by atoms with van der Waals surface area (Å²) in [5, 5.41) is 74.4. The van der Waals surface area contributed by atoms with E-state index in [9.17, 15) is 50.0 Å². The molecule has 1 aliphatic rings. The molecule has 1 fully saturated rings. The minimum absolute atomic E-state index is 0.240. The van der Waals surface area contributed by atoms with Gasteiger partial charge in [-0.1, -0.05) is 193 Å².